The second-order valence-corrected chi connectivity index (χ2v) is 1.80. The van der Waals surface area contributed by atoms with Gasteiger partial charge >= 0.3 is 9.05 Å². The van der Waals surface area contributed by atoms with E-state index >= 15 is 0 Å². The first kappa shape index (κ1) is 15.7. The van der Waals surface area contributed by atoms with Gasteiger partial charge in [-0.1, -0.05) is 0 Å². The van der Waals surface area contributed by atoms with Crippen LogP contribution in [-0.2, 0) is 0 Å². The van der Waals surface area contributed by atoms with E-state index in [1.807, 2.05) is 0 Å². The van der Waals surface area contributed by atoms with Gasteiger partial charge in [-0.25, -0.2) is 0 Å². The van der Waals surface area contributed by atoms with Crippen molar-refractivity contribution < 1.29 is 19.2 Å². The minimum absolute atomic E-state index is 0. The molecule has 4 nitrogen and oxygen atoms in total. The number of rotatable bonds is 0. The summed E-state index contributed by atoms with van der Waals surface area (Å²) in [7, 11) is -4.61. The maximum Gasteiger partial charge on any atom is 0.668 e. The predicted molar refractivity (Wildman–Crippen MR) is 35.7 cm³/mol. The molecule has 0 fully saturated rings. The molecule has 1 unspecified atom stereocenters. The summed E-state index contributed by atoms with van der Waals surface area (Å²) in [5, 5.41) is 0. The zero-order chi connectivity index (χ0) is 4.50. The Labute approximate surface area is 56.0 Å². The van der Waals surface area contributed by atoms with Gasteiger partial charge in [-0.15, -0.1) is 0 Å². The van der Waals surface area contributed by atoms with Crippen molar-refractivity contribution in [2.24, 2.45) is 0 Å². The van der Waals surface area contributed by atoms with E-state index in [0.717, 1.165) is 0 Å². The van der Waals surface area contributed by atoms with E-state index in [0.29, 0.717) is 0 Å². The first-order valence-electron chi connectivity index (χ1n) is 0.894. The van der Waals surface area contributed by atoms with E-state index in [9.17, 15) is 0 Å². The SMILES string of the molecule is O[Si](O)(O)O.P.[AlH3]. The van der Waals surface area contributed by atoms with Crippen LogP contribution in [0.5, 0.6) is 0 Å². The van der Waals surface area contributed by atoms with Crippen LogP contribution in [0.15, 0.2) is 0 Å². The van der Waals surface area contributed by atoms with Gasteiger partial charge in [-0.2, -0.15) is 9.90 Å². The smallest absolute Gasteiger partial charge is 0.368 e. The highest BCUT2D eigenvalue weighted by Gasteiger charge is 2.22. The van der Waals surface area contributed by atoms with E-state index in [2.05, 4.69) is 0 Å². The van der Waals surface area contributed by atoms with Crippen LogP contribution in [0.4, 0.5) is 0 Å². The topological polar surface area (TPSA) is 80.9 Å². The maximum absolute atomic E-state index is 7.33. The van der Waals surface area contributed by atoms with E-state index < -0.39 is 9.05 Å². The van der Waals surface area contributed by atoms with Gasteiger partial charge in [-0.05, 0) is 0 Å². The van der Waals surface area contributed by atoms with Crippen LogP contribution in [-0.4, -0.2) is 45.6 Å². The number of hydrogen-bond acceptors (Lipinski definition) is 4. The minimum Gasteiger partial charge on any atom is -0.368 e. The average Bonchev–Trinajstić information content (AvgIpc) is 0.722. The van der Waals surface area contributed by atoms with E-state index in [1.54, 1.807) is 0 Å². The molecule has 0 spiro atoms. The summed E-state index contributed by atoms with van der Waals surface area (Å²) in [5.74, 6) is 0. The molecular weight excluding hydrogens is 150 g/mol. The van der Waals surface area contributed by atoms with Gasteiger partial charge in [0.15, 0.2) is 17.4 Å². The van der Waals surface area contributed by atoms with Gasteiger partial charge in [0.25, 0.3) is 0 Å². The van der Waals surface area contributed by atoms with Gasteiger partial charge in [-0.3, -0.25) is 0 Å². The summed E-state index contributed by atoms with van der Waals surface area (Å²) in [5.41, 5.74) is 0. The van der Waals surface area contributed by atoms with Crippen LogP contribution >= 0.6 is 9.90 Å². The lowest BCUT2D eigenvalue weighted by molar-refractivity contribution is 0.117. The third-order valence-electron chi connectivity index (χ3n) is 0. The first-order valence-corrected chi connectivity index (χ1v) is 2.68. The van der Waals surface area contributed by atoms with Crippen molar-refractivity contribution in [3.63, 3.8) is 0 Å². The van der Waals surface area contributed by atoms with Crippen molar-refractivity contribution >= 4 is 36.3 Å². The van der Waals surface area contributed by atoms with E-state index in [1.165, 1.54) is 0 Å². The Balaban J connectivity index is -0.0000000800. The molecule has 0 saturated heterocycles. The van der Waals surface area contributed by atoms with Crippen LogP contribution in [0.2, 0.25) is 0 Å². The maximum atomic E-state index is 7.33. The molecule has 0 rings (SSSR count). The third-order valence-corrected chi connectivity index (χ3v) is 0. The zero-order valence-corrected chi connectivity index (χ0v) is 5.41. The predicted octanol–water partition coefficient (Wildman–Crippen LogP) is -3.73. The summed E-state index contributed by atoms with van der Waals surface area (Å²) in [6, 6.07) is 0. The van der Waals surface area contributed by atoms with Gasteiger partial charge in [0, 0.05) is 0 Å². The van der Waals surface area contributed by atoms with Crippen LogP contribution in [0.3, 0.4) is 0 Å². The second-order valence-electron chi connectivity index (χ2n) is 0.600. The number of hydrogen-bond donors (Lipinski definition) is 4. The largest absolute Gasteiger partial charge is 0.668 e. The molecular formula is H10AlO4PSi. The molecule has 7 heavy (non-hydrogen) atoms. The molecule has 0 aliphatic rings. The Morgan fingerprint density at radius 3 is 0.857 bits per heavy atom. The second kappa shape index (κ2) is 5.16. The Bertz CT molecular complexity index is 27.2. The van der Waals surface area contributed by atoms with Crippen LogP contribution in [0, 0.1) is 0 Å². The lowest BCUT2D eigenvalue weighted by Crippen LogP contribution is -2.33. The zero-order valence-electron chi connectivity index (χ0n) is 3.00. The van der Waals surface area contributed by atoms with E-state index in [4.69, 9.17) is 19.2 Å². The molecule has 0 aromatic carbocycles. The molecule has 0 saturated carbocycles. The summed E-state index contributed by atoms with van der Waals surface area (Å²) < 4.78 is 0. The fourth-order valence-corrected chi connectivity index (χ4v) is 0. The fraction of sp³-hybridized carbons (Fsp3) is 0. The van der Waals surface area contributed by atoms with Crippen molar-refractivity contribution in [3.8, 4) is 0 Å². The van der Waals surface area contributed by atoms with Crippen molar-refractivity contribution in [2.75, 3.05) is 0 Å². The lowest BCUT2D eigenvalue weighted by atomic mass is 15.7. The fourth-order valence-electron chi connectivity index (χ4n) is 0. The molecule has 0 amide bonds. The Morgan fingerprint density at radius 2 is 0.857 bits per heavy atom. The summed E-state index contributed by atoms with van der Waals surface area (Å²) in [6.07, 6.45) is 0. The van der Waals surface area contributed by atoms with Crippen molar-refractivity contribution in [2.45, 2.75) is 0 Å². The standard InChI is InChI=1S/Al.H4O4Si.H3P.3H/c;1-5(2,3)4;;;;/h;1-4H;1H3;;;. The summed E-state index contributed by atoms with van der Waals surface area (Å²) in [6.45, 7) is 0. The molecule has 0 aliphatic carbocycles. The summed E-state index contributed by atoms with van der Waals surface area (Å²) in [4.78, 5) is 29.3. The highest BCUT2D eigenvalue weighted by Crippen LogP contribution is 1.67. The first-order chi connectivity index (χ1) is 2.00. The monoisotopic (exact) mass is 160 g/mol. The normalized spacial score (nSPS) is 8.57. The van der Waals surface area contributed by atoms with Gasteiger partial charge in [0.1, 0.15) is 0 Å². The minimum atomic E-state index is -4.61. The Morgan fingerprint density at radius 1 is 0.857 bits per heavy atom. The average molecular weight is 160 g/mol. The van der Waals surface area contributed by atoms with Crippen LogP contribution in [0.1, 0.15) is 0 Å². The highest BCUT2D eigenvalue weighted by molar-refractivity contribution is 6.92. The Kier molecular flexibility index (Phi) is 11.6. The van der Waals surface area contributed by atoms with Crippen LogP contribution < -0.4 is 0 Å². The van der Waals surface area contributed by atoms with Crippen molar-refractivity contribution in [3.05, 3.63) is 0 Å². The van der Waals surface area contributed by atoms with Gasteiger partial charge in [0.2, 0.25) is 0 Å². The van der Waals surface area contributed by atoms with E-state index in [-0.39, 0.29) is 27.3 Å². The highest BCUT2D eigenvalue weighted by atomic mass is 31.0. The molecule has 0 aliphatic heterocycles. The molecule has 46 valence electrons. The quantitative estimate of drug-likeness (QED) is 0.217. The van der Waals surface area contributed by atoms with Gasteiger partial charge in [0.05, 0.1) is 0 Å². The van der Waals surface area contributed by atoms with Crippen molar-refractivity contribution in [1.29, 1.82) is 0 Å². The molecule has 0 bridgehead atoms. The van der Waals surface area contributed by atoms with Gasteiger partial charge < -0.3 is 19.2 Å². The third kappa shape index (κ3) is 170. The molecule has 0 aromatic rings. The molecule has 0 heterocycles. The Hall–Kier alpha value is 1.02. The van der Waals surface area contributed by atoms with Crippen LogP contribution in [0.25, 0.3) is 0 Å². The van der Waals surface area contributed by atoms with Crippen molar-refractivity contribution in [1.82, 2.24) is 0 Å². The molecule has 7 heteroatoms. The molecule has 1 atom stereocenters. The summed E-state index contributed by atoms with van der Waals surface area (Å²) >= 11 is 0. The molecule has 0 radical (unpaired) electrons. The molecule has 0 aromatic heterocycles. The molecule has 4 N–H and O–H groups in total. The lowest BCUT2D eigenvalue weighted by Gasteiger charge is -1.91.